The number of hydrogen-bond acceptors (Lipinski definition) is 3. The van der Waals surface area contributed by atoms with Gasteiger partial charge in [0.05, 0.1) is 16.1 Å². The van der Waals surface area contributed by atoms with Gasteiger partial charge in [0.25, 0.3) is 11.6 Å². The lowest BCUT2D eigenvalue weighted by molar-refractivity contribution is -0.384. The zero-order valence-electron chi connectivity index (χ0n) is 10.3. The molecule has 0 aromatic heterocycles. The van der Waals surface area contributed by atoms with Crippen LogP contribution >= 0.6 is 0 Å². The van der Waals surface area contributed by atoms with E-state index in [2.05, 4.69) is 5.32 Å². The van der Waals surface area contributed by atoms with Crippen molar-refractivity contribution in [2.24, 2.45) is 0 Å². The van der Waals surface area contributed by atoms with Gasteiger partial charge in [-0.15, -0.1) is 0 Å². The summed E-state index contributed by atoms with van der Waals surface area (Å²) in [6, 6.07) is 13.3. The smallest absolute Gasteiger partial charge is 0.277 e. The fraction of sp³-hybridized carbons (Fsp3) is 0.0714. The fourth-order valence-electron chi connectivity index (χ4n) is 1.92. The van der Waals surface area contributed by atoms with Crippen LogP contribution in [-0.4, -0.2) is 17.9 Å². The molecule has 0 aliphatic rings. The molecule has 0 saturated heterocycles. The van der Waals surface area contributed by atoms with Crippen LogP contribution in [0.4, 0.5) is 5.69 Å². The minimum atomic E-state index is -0.477. The van der Waals surface area contributed by atoms with Gasteiger partial charge < -0.3 is 5.32 Å². The van der Waals surface area contributed by atoms with E-state index in [4.69, 9.17) is 0 Å². The van der Waals surface area contributed by atoms with Crippen LogP contribution in [-0.2, 0) is 0 Å². The molecule has 5 heteroatoms. The predicted molar refractivity (Wildman–Crippen MR) is 71.9 cm³/mol. The highest BCUT2D eigenvalue weighted by molar-refractivity contribution is 6.03. The Balaban J connectivity index is 2.74. The molecule has 19 heavy (non-hydrogen) atoms. The largest absolute Gasteiger partial charge is 0.355 e. The standard InChI is InChI=1S/C14H12N2O3/c1-15-14(17)11-8-5-9-12(16(18)19)13(11)10-6-3-2-4-7-10/h2-9H,1H3,(H,15,17). The summed E-state index contributed by atoms with van der Waals surface area (Å²) in [7, 11) is 1.50. The summed E-state index contributed by atoms with van der Waals surface area (Å²) in [6.07, 6.45) is 0. The van der Waals surface area contributed by atoms with E-state index in [0.29, 0.717) is 16.7 Å². The molecule has 0 saturated carbocycles. The number of rotatable bonds is 3. The third-order valence-corrected chi connectivity index (χ3v) is 2.77. The van der Waals surface area contributed by atoms with Gasteiger partial charge in [-0.2, -0.15) is 0 Å². The van der Waals surface area contributed by atoms with E-state index in [-0.39, 0.29) is 11.6 Å². The van der Waals surface area contributed by atoms with Gasteiger partial charge in [-0.1, -0.05) is 36.4 Å². The molecule has 0 heterocycles. The lowest BCUT2D eigenvalue weighted by atomic mass is 9.97. The fourth-order valence-corrected chi connectivity index (χ4v) is 1.92. The van der Waals surface area contributed by atoms with Gasteiger partial charge >= 0.3 is 0 Å². The van der Waals surface area contributed by atoms with Crippen LogP contribution in [0.25, 0.3) is 11.1 Å². The van der Waals surface area contributed by atoms with Crippen LogP contribution in [0.3, 0.4) is 0 Å². The van der Waals surface area contributed by atoms with E-state index >= 15 is 0 Å². The molecule has 2 rings (SSSR count). The second-order valence-electron chi connectivity index (χ2n) is 3.90. The summed E-state index contributed by atoms with van der Waals surface area (Å²) in [5.41, 5.74) is 1.20. The van der Waals surface area contributed by atoms with Gasteiger partial charge in [-0.3, -0.25) is 14.9 Å². The zero-order chi connectivity index (χ0) is 13.8. The molecule has 0 unspecified atom stereocenters. The van der Waals surface area contributed by atoms with Crippen LogP contribution in [0, 0.1) is 10.1 Å². The molecule has 5 nitrogen and oxygen atoms in total. The lowest BCUT2D eigenvalue weighted by Gasteiger charge is -2.09. The average Bonchev–Trinajstić information content (AvgIpc) is 2.46. The Morgan fingerprint density at radius 2 is 1.79 bits per heavy atom. The topological polar surface area (TPSA) is 72.2 Å². The van der Waals surface area contributed by atoms with E-state index in [1.165, 1.54) is 19.2 Å². The van der Waals surface area contributed by atoms with Crippen molar-refractivity contribution in [2.75, 3.05) is 7.05 Å². The van der Waals surface area contributed by atoms with Gasteiger partial charge in [0.1, 0.15) is 0 Å². The number of nitrogens with one attached hydrogen (secondary N) is 1. The monoisotopic (exact) mass is 256 g/mol. The normalized spacial score (nSPS) is 9.95. The molecule has 0 atom stereocenters. The number of hydrogen-bond donors (Lipinski definition) is 1. The van der Waals surface area contributed by atoms with E-state index in [9.17, 15) is 14.9 Å². The van der Waals surface area contributed by atoms with E-state index in [1.807, 2.05) is 6.07 Å². The predicted octanol–water partition coefficient (Wildman–Crippen LogP) is 2.62. The number of carbonyl (C=O) groups is 1. The van der Waals surface area contributed by atoms with Crippen molar-refractivity contribution in [3.05, 3.63) is 64.2 Å². The maximum absolute atomic E-state index is 11.8. The van der Waals surface area contributed by atoms with Gasteiger partial charge in [-0.05, 0) is 11.6 Å². The second-order valence-corrected chi connectivity index (χ2v) is 3.90. The highest BCUT2D eigenvalue weighted by Crippen LogP contribution is 2.32. The maximum atomic E-state index is 11.8. The number of nitro benzene ring substituents is 1. The molecular weight excluding hydrogens is 244 g/mol. The minimum Gasteiger partial charge on any atom is -0.355 e. The lowest BCUT2D eigenvalue weighted by Crippen LogP contribution is -2.19. The van der Waals surface area contributed by atoms with Gasteiger partial charge in [0.2, 0.25) is 0 Å². The van der Waals surface area contributed by atoms with Crippen LogP contribution < -0.4 is 5.32 Å². The quantitative estimate of drug-likeness (QED) is 0.677. The Labute approximate surface area is 110 Å². The molecule has 0 aliphatic heterocycles. The van der Waals surface area contributed by atoms with Crippen molar-refractivity contribution < 1.29 is 9.72 Å². The first-order valence-electron chi connectivity index (χ1n) is 5.70. The third-order valence-electron chi connectivity index (χ3n) is 2.77. The first-order chi connectivity index (χ1) is 9.15. The first-order valence-corrected chi connectivity index (χ1v) is 5.70. The maximum Gasteiger partial charge on any atom is 0.277 e. The van der Waals surface area contributed by atoms with Crippen molar-refractivity contribution >= 4 is 11.6 Å². The summed E-state index contributed by atoms with van der Waals surface area (Å²) in [4.78, 5) is 22.5. The van der Waals surface area contributed by atoms with Crippen LogP contribution in [0.2, 0.25) is 0 Å². The highest BCUT2D eigenvalue weighted by Gasteiger charge is 2.21. The van der Waals surface area contributed by atoms with E-state index in [0.717, 1.165) is 0 Å². The van der Waals surface area contributed by atoms with Gasteiger partial charge in [0, 0.05) is 13.1 Å². The minimum absolute atomic E-state index is 0.0766. The molecule has 0 bridgehead atoms. The Morgan fingerprint density at radius 3 is 2.37 bits per heavy atom. The summed E-state index contributed by atoms with van der Waals surface area (Å²) in [5, 5.41) is 13.6. The molecule has 0 radical (unpaired) electrons. The highest BCUT2D eigenvalue weighted by atomic mass is 16.6. The summed E-state index contributed by atoms with van der Waals surface area (Å²) in [5.74, 6) is -0.345. The number of amides is 1. The molecule has 96 valence electrons. The summed E-state index contributed by atoms with van der Waals surface area (Å²) < 4.78 is 0. The second kappa shape index (κ2) is 5.30. The summed E-state index contributed by atoms with van der Waals surface area (Å²) in [6.45, 7) is 0. The van der Waals surface area contributed by atoms with Crippen LogP contribution in [0.1, 0.15) is 10.4 Å². The Kier molecular flexibility index (Phi) is 3.56. The molecule has 0 fully saturated rings. The summed E-state index contributed by atoms with van der Waals surface area (Å²) >= 11 is 0. The molecule has 1 N–H and O–H groups in total. The van der Waals surface area contributed by atoms with Crippen molar-refractivity contribution in [2.45, 2.75) is 0 Å². The average molecular weight is 256 g/mol. The molecule has 2 aromatic carbocycles. The Hall–Kier alpha value is -2.69. The van der Waals surface area contributed by atoms with Crippen molar-refractivity contribution in [3.63, 3.8) is 0 Å². The van der Waals surface area contributed by atoms with Crippen molar-refractivity contribution in [3.8, 4) is 11.1 Å². The number of nitrogens with zero attached hydrogens (tertiary/aromatic N) is 1. The van der Waals surface area contributed by atoms with Gasteiger partial charge in [0.15, 0.2) is 0 Å². The number of benzene rings is 2. The molecule has 2 aromatic rings. The van der Waals surface area contributed by atoms with Crippen LogP contribution in [0.5, 0.6) is 0 Å². The zero-order valence-corrected chi connectivity index (χ0v) is 10.3. The van der Waals surface area contributed by atoms with Crippen molar-refractivity contribution in [1.29, 1.82) is 0 Å². The third kappa shape index (κ3) is 2.44. The first kappa shape index (κ1) is 12.8. The molecular formula is C14H12N2O3. The SMILES string of the molecule is CNC(=O)c1cccc([N+](=O)[O-])c1-c1ccccc1. The number of carbonyl (C=O) groups excluding carboxylic acids is 1. The van der Waals surface area contributed by atoms with E-state index in [1.54, 1.807) is 30.3 Å². The molecule has 0 spiro atoms. The number of nitro groups is 1. The Bertz CT molecular complexity index is 624. The van der Waals surface area contributed by atoms with Crippen molar-refractivity contribution in [1.82, 2.24) is 5.32 Å². The molecule has 0 aliphatic carbocycles. The Morgan fingerprint density at radius 1 is 1.11 bits per heavy atom. The van der Waals surface area contributed by atoms with E-state index < -0.39 is 4.92 Å². The van der Waals surface area contributed by atoms with Gasteiger partial charge in [-0.25, -0.2) is 0 Å². The van der Waals surface area contributed by atoms with Crippen LogP contribution in [0.15, 0.2) is 48.5 Å². The molecule has 1 amide bonds.